The van der Waals surface area contributed by atoms with Gasteiger partial charge in [-0.3, -0.25) is 4.98 Å². The minimum absolute atomic E-state index is 0.494. The van der Waals surface area contributed by atoms with Crippen molar-refractivity contribution in [2.75, 3.05) is 44.1 Å². The largest absolute Gasteiger partial charge is 0.387 e. The van der Waals surface area contributed by atoms with Crippen molar-refractivity contribution in [3.63, 3.8) is 0 Å². The number of aromatic nitrogens is 1. The molecule has 0 saturated heterocycles. The number of anilines is 2. The second-order valence-electron chi connectivity index (χ2n) is 3.57. The molecule has 0 aromatic carbocycles. The molecule has 17 heavy (non-hydrogen) atoms. The number of hydrogen-bond donors (Lipinski definition) is 1. The first-order valence-corrected chi connectivity index (χ1v) is 5.55. The summed E-state index contributed by atoms with van der Waals surface area (Å²) in [6.45, 7) is 2.08. The van der Waals surface area contributed by atoms with Crippen LogP contribution >= 0.6 is 0 Å². The third-order valence-corrected chi connectivity index (χ3v) is 2.44. The normalized spacial score (nSPS) is 9.71. The molecule has 0 fully saturated rings. The maximum atomic E-state index is 8.65. The smallest absolute Gasteiger partial charge is 0.0640 e. The van der Waals surface area contributed by atoms with E-state index in [1.54, 1.807) is 19.5 Å². The van der Waals surface area contributed by atoms with E-state index >= 15 is 0 Å². The van der Waals surface area contributed by atoms with Crippen LogP contribution in [0.4, 0.5) is 11.4 Å². The van der Waals surface area contributed by atoms with Gasteiger partial charge in [0.05, 0.1) is 42.9 Å². The van der Waals surface area contributed by atoms with E-state index in [4.69, 9.17) is 10.00 Å². The summed E-state index contributed by atoms with van der Waals surface area (Å²) in [5.41, 5.74) is 1.96. The van der Waals surface area contributed by atoms with Crippen molar-refractivity contribution in [1.82, 2.24) is 4.98 Å². The van der Waals surface area contributed by atoms with Gasteiger partial charge in [0.1, 0.15) is 0 Å². The van der Waals surface area contributed by atoms with Gasteiger partial charge in [0.2, 0.25) is 0 Å². The zero-order valence-corrected chi connectivity index (χ0v) is 10.3. The molecule has 0 aliphatic carbocycles. The summed E-state index contributed by atoms with van der Waals surface area (Å²) in [4.78, 5) is 6.26. The van der Waals surface area contributed by atoms with Gasteiger partial charge in [-0.25, -0.2) is 0 Å². The van der Waals surface area contributed by atoms with Crippen molar-refractivity contribution in [2.45, 2.75) is 6.42 Å². The zero-order valence-electron chi connectivity index (χ0n) is 10.3. The maximum absolute atomic E-state index is 8.65. The average molecular weight is 234 g/mol. The highest BCUT2D eigenvalue weighted by atomic mass is 16.5. The van der Waals surface area contributed by atoms with Gasteiger partial charge in [-0.05, 0) is 6.07 Å². The summed E-state index contributed by atoms with van der Waals surface area (Å²) in [6.07, 6.45) is 4.06. The van der Waals surface area contributed by atoms with E-state index in [0.717, 1.165) is 17.9 Å². The molecule has 5 heteroatoms. The fraction of sp³-hybridized carbons (Fsp3) is 0.500. The van der Waals surface area contributed by atoms with E-state index in [1.807, 2.05) is 13.1 Å². The van der Waals surface area contributed by atoms with Crippen LogP contribution in [0.2, 0.25) is 0 Å². The molecule has 0 unspecified atom stereocenters. The van der Waals surface area contributed by atoms with Gasteiger partial charge in [0.15, 0.2) is 0 Å². The highest BCUT2D eigenvalue weighted by Crippen LogP contribution is 2.17. The van der Waals surface area contributed by atoms with Gasteiger partial charge in [-0.1, -0.05) is 0 Å². The highest BCUT2D eigenvalue weighted by Gasteiger charge is 2.06. The number of nitrogens with zero attached hydrogens (tertiary/aromatic N) is 3. The second kappa shape index (κ2) is 7.47. The zero-order chi connectivity index (χ0) is 12.5. The molecule has 1 N–H and O–H groups in total. The molecule has 0 aliphatic rings. The van der Waals surface area contributed by atoms with Crippen LogP contribution in [0.3, 0.4) is 0 Å². The van der Waals surface area contributed by atoms with Crippen molar-refractivity contribution in [3.8, 4) is 6.07 Å². The molecule has 1 aromatic heterocycles. The Hall–Kier alpha value is -1.80. The molecule has 0 bridgehead atoms. The number of hydrogen-bond acceptors (Lipinski definition) is 5. The van der Waals surface area contributed by atoms with Crippen LogP contribution in [0.25, 0.3) is 0 Å². The maximum Gasteiger partial charge on any atom is 0.0640 e. The van der Waals surface area contributed by atoms with E-state index in [0.29, 0.717) is 19.6 Å². The van der Waals surface area contributed by atoms with Crippen LogP contribution in [0.1, 0.15) is 6.42 Å². The molecular formula is C12H18N4O. The van der Waals surface area contributed by atoms with Crippen LogP contribution in [0, 0.1) is 11.3 Å². The standard InChI is InChI=1S/C12H18N4O/c1-14-11-8-12(10-15-9-11)16(5-3-4-13)6-7-17-2/h8-10,14H,3,5-7H2,1-2H3. The Morgan fingerprint density at radius 3 is 2.94 bits per heavy atom. The van der Waals surface area contributed by atoms with Gasteiger partial charge >= 0.3 is 0 Å². The summed E-state index contributed by atoms with van der Waals surface area (Å²) in [5.74, 6) is 0. The van der Waals surface area contributed by atoms with E-state index in [-0.39, 0.29) is 0 Å². The molecule has 0 amide bonds. The number of methoxy groups -OCH3 is 1. The number of ether oxygens (including phenoxy) is 1. The summed E-state index contributed by atoms with van der Waals surface area (Å²) in [7, 11) is 3.53. The van der Waals surface area contributed by atoms with E-state index < -0.39 is 0 Å². The Morgan fingerprint density at radius 1 is 1.47 bits per heavy atom. The summed E-state index contributed by atoms with van der Waals surface area (Å²) >= 11 is 0. The molecule has 0 spiro atoms. The van der Waals surface area contributed by atoms with Gasteiger partial charge in [0, 0.05) is 27.2 Å². The third kappa shape index (κ3) is 4.29. The van der Waals surface area contributed by atoms with Crippen LogP contribution < -0.4 is 10.2 Å². The summed E-state index contributed by atoms with van der Waals surface area (Å²) in [5, 5.41) is 11.7. The quantitative estimate of drug-likeness (QED) is 0.774. The van der Waals surface area contributed by atoms with Crippen molar-refractivity contribution >= 4 is 11.4 Å². The molecule has 0 saturated carbocycles. The van der Waals surface area contributed by atoms with Crippen LogP contribution in [-0.4, -0.2) is 38.8 Å². The Bertz CT molecular complexity index is 375. The molecule has 1 rings (SSSR count). The van der Waals surface area contributed by atoms with Gasteiger partial charge in [-0.15, -0.1) is 0 Å². The van der Waals surface area contributed by atoms with Crippen molar-refractivity contribution in [1.29, 1.82) is 5.26 Å². The minimum Gasteiger partial charge on any atom is -0.387 e. The Kier molecular flexibility index (Phi) is 5.83. The predicted molar refractivity (Wildman–Crippen MR) is 68.1 cm³/mol. The Balaban J connectivity index is 2.75. The molecular weight excluding hydrogens is 216 g/mol. The monoisotopic (exact) mass is 234 g/mol. The SMILES string of the molecule is CNc1cncc(N(CCC#N)CCOC)c1. The minimum atomic E-state index is 0.494. The van der Waals surface area contributed by atoms with Gasteiger partial charge in [-0.2, -0.15) is 5.26 Å². The topological polar surface area (TPSA) is 61.2 Å². The average Bonchev–Trinajstić information content (AvgIpc) is 2.39. The Morgan fingerprint density at radius 2 is 2.29 bits per heavy atom. The molecule has 1 aromatic rings. The summed E-state index contributed by atoms with van der Waals surface area (Å²) in [6, 6.07) is 4.17. The lowest BCUT2D eigenvalue weighted by molar-refractivity contribution is 0.205. The van der Waals surface area contributed by atoms with Crippen LogP contribution in [-0.2, 0) is 4.74 Å². The molecule has 92 valence electrons. The van der Waals surface area contributed by atoms with Crippen LogP contribution in [0.5, 0.6) is 0 Å². The fourth-order valence-electron chi connectivity index (χ4n) is 1.49. The van der Waals surface area contributed by atoms with E-state index in [9.17, 15) is 0 Å². The number of pyridine rings is 1. The molecule has 0 radical (unpaired) electrons. The lowest BCUT2D eigenvalue weighted by atomic mass is 10.3. The van der Waals surface area contributed by atoms with Crippen LogP contribution in [0.15, 0.2) is 18.5 Å². The second-order valence-corrected chi connectivity index (χ2v) is 3.57. The van der Waals surface area contributed by atoms with Crippen molar-refractivity contribution in [2.24, 2.45) is 0 Å². The highest BCUT2D eigenvalue weighted by molar-refractivity contribution is 5.55. The molecule has 0 aliphatic heterocycles. The predicted octanol–water partition coefficient (Wildman–Crippen LogP) is 1.49. The fourth-order valence-corrected chi connectivity index (χ4v) is 1.49. The van der Waals surface area contributed by atoms with Crippen molar-refractivity contribution in [3.05, 3.63) is 18.5 Å². The summed E-state index contributed by atoms with van der Waals surface area (Å²) < 4.78 is 5.07. The molecule has 5 nitrogen and oxygen atoms in total. The lowest BCUT2D eigenvalue weighted by Crippen LogP contribution is -2.28. The van der Waals surface area contributed by atoms with E-state index in [1.165, 1.54) is 0 Å². The third-order valence-electron chi connectivity index (χ3n) is 2.44. The number of nitriles is 1. The first-order chi connectivity index (χ1) is 8.31. The Labute approximate surface area is 102 Å². The first kappa shape index (κ1) is 13.3. The van der Waals surface area contributed by atoms with E-state index in [2.05, 4.69) is 21.3 Å². The number of rotatable bonds is 7. The molecule has 1 heterocycles. The van der Waals surface area contributed by atoms with Gasteiger partial charge < -0.3 is 15.0 Å². The lowest BCUT2D eigenvalue weighted by Gasteiger charge is -2.23. The van der Waals surface area contributed by atoms with Crippen molar-refractivity contribution < 1.29 is 4.74 Å². The first-order valence-electron chi connectivity index (χ1n) is 5.55. The molecule has 0 atom stereocenters. The van der Waals surface area contributed by atoms with Gasteiger partial charge in [0.25, 0.3) is 0 Å². The number of nitrogens with one attached hydrogen (secondary N) is 1.